The van der Waals surface area contributed by atoms with Crippen LogP contribution in [0.1, 0.15) is 49.8 Å². The Morgan fingerprint density at radius 1 is 1.19 bits per heavy atom. The van der Waals surface area contributed by atoms with Gasteiger partial charge in [0.15, 0.2) is 0 Å². The van der Waals surface area contributed by atoms with Gasteiger partial charge in [0.2, 0.25) is 0 Å². The molecule has 27 heavy (non-hydrogen) atoms. The number of aliphatic carboxylic acids is 1. The molecule has 1 aromatic rings. The normalized spacial score (nSPS) is 22.5. The summed E-state index contributed by atoms with van der Waals surface area (Å²) >= 11 is 0. The zero-order chi connectivity index (χ0) is 18.7. The molecule has 0 saturated carbocycles. The zero-order valence-corrected chi connectivity index (χ0v) is 16.3. The number of aryl methyl sites for hydroxylation is 1. The average Bonchev–Trinajstić information content (AvgIpc) is 3.06. The SMILES string of the molecule is O=C(O)CCCN1CCC2(CCN(Cc3ccc4c(n3)NCCC4)CC2)C1. The van der Waals surface area contributed by atoms with Crippen molar-refractivity contribution >= 4 is 11.8 Å². The van der Waals surface area contributed by atoms with E-state index in [9.17, 15) is 4.79 Å². The summed E-state index contributed by atoms with van der Waals surface area (Å²) in [5.41, 5.74) is 3.00. The van der Waals surface area contributed by atoms with Gasteiger partial charge in [-0.25, -0.2) is 4.98 Å². The van der Waals surface area contributed by atoms with Crippen molar-refractivity contribution in [2.24, 2.45) is 5.41 Å². The molecule has 2 saturated heterocycles. The van der Waals surface area contributed by atoms with E-state index in [0.717, 1.165) is 64.5 Å². The number of hydrogen-bond acceptors (Lipinski definition) is 5. The Bertz CT molecular complexity index is 670. The summed E-state index contributed by atoms with van der Waals surface area (Å²) in [6.07, 6.45) is 7.20. The van der Waals surface area contributed by atoms with Crippen LogP contribution in [-0.2, 0) is 17.8 Å². The van der Waals surface area contributed by atoms with E-state index in [1.54, 1.807) is 0 Å². The number of likely N-dealkylation sites (tertiary alicyclic amines) is 2. The fourth-order valence-electron chi connectivity index (χ4n) is 4.95. The molecular weight excluding hydrogens is 340 g/mol. The van der Waals surface area contributed by atoms with E-state index in [4.69, 9.17) is 10.1 Å². The summed E-state index contributed by atoms with van der Waals surface area (Å²) in [5, 5.41) is 12.2. The minimum absolute atomic E-state index is 0.292. The van der Waals surface area contributed by atoms with E-state index >= 15 is 0 Å². The van der Waals surface area contributed by atoms with Gasteiger partial charge in [-0.3, -0.25) is 9.69 Å². The maximum Gasteiger partial charge on any atom is 0.303 e. The molecule has 4 heterocycles. The first-order valence-corrected chi connectivity index (χ1v) is 10.5. The van der Waals surface area contributed by atoms with Gasteiger partial charge in [0, 0.05) is 26.1 Å². The van der Waals surface area contributed by atoms with Crippen molar-refractivity contribution < 1.29 is 9.90 Å². The van der Waals surface area contributed by atoms with Gasteiger partial charge < -0.3 is 15.3 Å². The summed E-state index contributed by atoms with van der Waals surface area (Å²) < 4.78 is 0. The van der Waals surface area contributed by atoms with Crippen molar-refractivity contribution in [3.63, 3.8) is 0 Å². The van der Waals surface area contributed by atoms with Gasteiger partial charge in [0.25, 0.3) is 0 Å². The van der Waals surface area contributed by atoms with Crippen LogP contribution in [-0.4, -0.2) is 65.1 Å². The summed E-state index contributed by atoms with van der Waals surface area (Å²) in [4.78, 5) is 20.6. The number of hydrogen-bond donors (Lipinski definition) is 2. The predicted molar refractivity (Wildman–Crippen MR) is 106 cm³/mol. The van der Waals surface area contributed by atoms with Crippen LogP contribution in [0.25, 0.3) is 0 Å². The highest BCUT2D eigenvalue weighted by atomic mass is 16.4. The number of carboxylic acids is 1. The Hall–Kier alpha value is -1.66. The lowest BCUT2D eigenvalue weighted by atomic mass is 9.78. The average molecular weight is 373 g/mol. The van der Waals surface area contributed by atoms with Crippen molar-refractivity contribution in [2.45, 2.75) is 51.5 Å². The third kappa shape index (κ3) is 4.61. The second-order valence-corrected chi connectivity index (χ2v) is 8.64. The van der Waals surface area contributed by atoms with Crippen LogP contribution in [0.3, 0.4) is 0 Å². The third-order valence-corrected chi connectivity index (χ3v) is 6.64. The Morgan fingerprint density at radius 3 is 2.74 bits per heavy atom. The highest BCUT2D eigenvalue weighted by molar-refractivity contribution is 5.66. The number of pyridine rings is 1. The standard InChI is InChI=1S/C21H32N4O2/c26-19(27)4-2-11-25-14-9-21(16-25)7-12-24(13-8-21)15-18-6-5-17-3-1-10-22-20(17)23-18/h5-6H,1-4,7-16H2,(H,22,23)(H,26,27). The maximum absolute atomic E-state index is 10.7. The summed E-state index contributed by atoms with van der Waals surface area (Å²) in [5.74, 6) is 0.420. The van der Waals surface area contributed by atoms with Crippen LogP contribution in [0, 0.1) is 5.41 Å². The van der Waals surface area contributed by atoms with Gasteiger partial charge in [-0.05, 0) is 81.7 Å². The number of nitrogens with zero attached hydrogens (tertiary/aromatic N) is 3. The lowest BCUT2D eigenvalue weighted by Gasteiger charge is -2.39. The minimum Gasteiger partial charge on any atom is -0.481 e. The van der Waals surface area contributed by atoms with Gasteiger partial charge in [-0.2, -0.15) is 0 Å². The van der Waals surface area contributed by atoms with Crippen LogP contribution in [0.2, 0.25) is 0 Å². The number of anilines is 1. The summed E-state index contributed by atoms with van der Waals surface area (Å²) in [6.45, 7) is 7.51. The van der Waals surface area contributed by atoms with Crippen molar-refractivity contribution in [3.8, 4) is 0 Å². The Morgan fingerprint density at radius 2 is 1.96 bits per heavy atom. The highest BCUT2D eigenvalue weighted by Gasteiger charge is 2.40. The van der Waals surface area contributed by atoms with Gasteiger partial charge >= 0.3 is 5.97 Å². The molecule has 0 unspecified atom stereocenters. The van der Waals surface area contributed by atoms with Crippen LogP contribution < -0.4 is 5.32 Å². The Balaban J connectivity index is 1.25. The van der Waals surface area contributed by atoms with E-state index in [-0.39, 0.29) is 0 Å². The molecule has 0 aliphatic carbocycles. The molecule has 0 atom stereocenters. The molecule has 0 bridgehead atoms. The number of nitrogens with one attached hydrogen (secondary N) is 1. The lowest BCUT2D eigenvalue weighted by Crippen LogP contribution is -2.41. The quantitative estimate of drug-likeness (QED) is 0.800. The van der Waals surface area contributed by atoms with Gasteiger partial charge in [-0.15, -0.1) is 0 Å². The molecule has 2 fully saturated rings. The highest BCUT2D eigenvalue weighted by Crippen LogP contribution is 2.40. The van der Waals surface area contributed by atoms with E-state index in [1.807, 2.05) is 0 Å². The molecule has 0 amide bonds. The fraction of sp³-hybridized carbons (Fsp3) is 0.714. The summed E-state index contributed by atoms with van der Waals surface area (Å²) in [7, 11) is 0. The molecule has 0 aromatic carbocycles. The van der Waals surface area contributed by atoms with Crippen LogP contribution >= 0.6 is 0 Å². The maximum atomic E-state index is 10.7. The van der Waals surface area contributed by atoms with Gasteiger partial charge in [0.1, 0.15) is 5.82 Å². The van der Waals surface area contributed by atoms with Crippen molar-refractivity contribution in [1.29, 1.82) is 0 Å². The molecule has 0 radical (unpaired) electrons. The van der Waals surface area contributed by atoms with Crippen LogP contribution in [0.15, 0.2) is 12.1 Å². The lowest BCUT2D eigenvalue weighted by molar-refractivity contribution is -0.137. The number of rotatable bonds is 6. The first-order valence-electron chi connectivity index (χ1n) is 10.5. The number of fused-ring (bicyclic) bond motifs is 1. The largest absolute Gasteiger partial charge is 0.481 e. The number of piperidine rings is 1. The Labute approximate surface area is 161 Å². The molecule has 1 spiro atoms. The first-order chi connectivity index (χ1) is 13.1. The minimum atomic E-state index is -0.678. The van der Waals surface area contributed by atoms with E-state index in [2.05, 4.69) is 27.2 Å². The van der Waals surface area contributed by atoms with E-state index in [0.29, 0.717) is 11.8 Å². The second kappa shape index (κ2) is 8.15. The van der Waals surface area contributed by atoms with Crippen molar-refractivity contribution in [2.75, 3.05) is 44.6 Å². The molecule has 148 valence electrons. The van der Waals surface area contributed by atoms with Gasteiger partial charge in [0.05, 0.1) is 5.69 Å². The molecular formula is C21H32N4O2. The van der Waals surface area contributed by atoms with E-state index in [1.165, 1.54) is 36.9 Å². The Kier molecular flexibility index (Phi) is 5.64. The molecule has 2 N–H and O–H groups in total. The molecule has 3 aliphatic rings. The molecule has 1 aromatic heterocycles. The van der Waals surface area contributed by atoms with Crippen molar-refractivity contribution in [3.05, 3.63) is 23.4 Å². The molecule has 4 rings (SSSR count). The molecule has 6 heteroatoms. The second-order valence-electron chi connectivity index (χ2n) is 8.64. The first kappa shape index (κ1) is 18.7. The van der Waals surface area contributed by atoms with E-state index < -0.39 is 5.97 Å². The number of carboxylic acid groups (broad SMARTS) is 1. The van der Waals surface area contributed by atoms with Crippen molar-refractivity contribution in [1.82, 2.24) is 14.8 Å². The number of aromatic nitrogens is 1. The van der Waals surface area contributed by atoms with Crippen LogP contribution in [0.4, 0.5) is 5.82 Å². The number of carbonyl (C=O) groups is 1. The summed E-state index contributed by atoms with van der Waals surface area (Å²) in [6, 6.07) is 4.46. The zero-order valence-electron chi connectivity index (χ0n) is 16.3. The topological polar surface area (TPSA) is 68.7 Å². The van der Waals surface area contributed by atoms with Gasteiger partial charge in [-0.1, -0.05) is 6.07 Å². The smallest absolute Gasteiger partial charge is 0.303 e. The fourth-order valence-corrected chi connectivity index (χ4v) is 4.95. The predicted octanol–water partition coefficient (Wildman–Crippen LogP) is 2.59. The third-order valence-electron chi connectivity index (χ3n) is 6.64. The monoisotopic (exact) mass is 372 g/mol. The molecule has 3 aliphatic heterocycles. The molecule has 6 nitrogen and oxygen atoms in total. The van der Waals surface area contributed by atoms with Crippen LogP contribution in [0.5, 0.6) is 0 Å².